The van der Waals surface area contributed by atoms with Crippen molar-refractivity contribution >= 4 is 28.3 Å². The Balaban J connectivity index is 1.33. The van der Waals surface area contributed by atoms with Gasteiger partial charge in [-0.1, -0.05) is 12.1 Å². The molecule has 1 N–H and O–H groups in total. The molecule has 8 nitrogen and oxygen atoms in total. The second kappa shape index (κ2) is 7.30. The SMILES string of the molecule is CC(C)(C)OC(=O)N1CCN(c2cnn3cc(-c4nc5ccccc5[nH]4)ccc23)CC1. The summed E-state index contributed by atoms with van der Waals surface area (Å²) in [5.41, 5.74) is 4.57. The molecular formula is C23H26N6O2. The van der Waals surface area contributed by atoms with Crippen LogP contribution in [0.2, 0.25) is 0 Å². The Kier molecular flexibility index (Phi) is 4.57. The maximum absolute atomic E-state index is 12.3. The number of benzene rings is 1. The highest BCUT2D eigenvalue weighted by Gasteiger charge is 2.27. The van der Waals surface area contributed by atoms with Gasteiger partial charge in [-0.25, -0.2) is 14.3 Å². The largest absolute Gasteiger partial charge is 0.444 e. The Morgan fingerprint density at radius 1 is 1.06 bits per heavy atom. The molecule has 4 heterocycles. The first kappa shape index (κ1) is 19.4. The van der Waals surface area contributed by atoms with Crippen molar-refractivity contribution < 1.29 is 9.53 Å². The average molecular weight is 419 g/mol. The Hall–Kier alpha value is -3.55. The number of para-hydroxylation sites is 2. The highest BCUT2D eigenvalue weighted by Crippen LogP contribution is 2.27. The van der Waals surface area contributed by atoms with Gasteiger partial charge in [0.05, 0.1) is 28.4 Å². The monoisotopic (exact) mass is 418 g/mol. The van der Waals surface area contributed by atoms with Gasteiger partial charge in [-0.15, -0.1) is 0 Å². The third kappa shape index (κ3) is 3.81. The van der Waals surface area contributed by atoms with Gasteiger partial charge < -0.3 is 19.5 Å². The quantitative estimate of drug-likeness (QED) is 0.534. The van der Waals surface area contributed by atoms with Gasteiger partial charge in [-0.05, 0) is 45.0 Å². The number of amides is 1. The van der Waals surface area contributed by atoms with Gasteiger partial charge in [0.1, 0.15) is 11.4 Å². The standard InChI is InChI=1S/C23H26N6O2/c1-23(2,3)31-22(30)28-12-10-27(11-13-28)20-14-24-29-15-16(8-9-19(20)29)21-25-17-6-4-5-7-18(17)26-21/h4-9,14-15H,10-13H2,1-3H3,(H,25,26). The van der Waals surface area contributed by atoms with E-state index in [0.717, 1.165) is 46.7 Å². The topological polar surface area (TPSA) is 78.8 Å². The molecule has 0 bridgehead atoms. The van der Waals surface area contributed by atoms with Gasteiger partial charge >= 0.3 is 6.09 Å². The summed E-state index contributed by atoms with van der Waals surface area (Å²) in [6, 6.07) is 12.1. The molecule has 4 aromatic rings. The minimum Gasteiger partial charge on any atom is -0.444 e. The highest BCUT2D eigenvalue weighted by atomic mass is 16.6. The molecule has 0 atom stereocenters. The van der Waals surface area contributed by atoms with Gasteiger partial charge in [0, 0.05) is 37.9 Å². The second-order valence-corrected chi connectivity index (χ2v) is 8.83. The van der Waals surface area contributed by atoms with E-state index in [1.54, 1.807) is 4.90 Å². The number of H-pyrrole nitrogens is 1. The van der Waals surface area contributed by atoms with Crippen molar-refractivity contribution in [2.75, 3.05) is 31.1 Å². The number of nitrogens with one attached hydrogen (secondary N) is 1. The molecule has 0 saturated carbocycles. The number of piperazine rings is 1. The number of rotatable bonds is 2. The normalized spacial score (nSPS) is 15.1. The first-order valence-electron chi connectivity index (χ1n) is 10.5. The lowest BCUT2D eigenvalue weighted by Crippen LogP contribution is -2.50. The first-order valence-corrected chi connectivity index (χ1v) is 10.5. The van der Waals surface area contributed by atoms with Crippen molar-refractivity contribution in [3.8, 4) is 11.4 Å². The van der Waals surface area contributed by atoms with E-state index in [9.17, 15) is 4.79 Å². The van der Waals surface area contributed by atoms with Crippen molar-refractivity contribution in [1.82, 2.24) is 24.5 Å². The third-order valence-corrected chi connectivity index (χ3v) is 5.43. The summed E-state index contributed by atoms with van der Waals surface area (Å²) in [6.07, 6.45) is 3.64. The number of carbonyl (C=O) groups excluding carboxylic acids is 1. The minimum atomic E-state index is -0.478. The maximum atomic E-state index is 12.3. The minimum absolute atomic E-state index is 0.248. The van der Waals surface area contributed by atoms with Crippen LogP contribution in [0.25, 0.3) is 27.9 Å². The number of imidazole rings is 1. The summed E-state index contributed by atoms with van der Waals surface area (Å²) in [5, 5.41) is 4.56. The Morgan fingerprint density at radius 3 is 2.58 bits per heavy atom. The van der Waals surface area contributed by atoms with Crippen LogP contribution in [0.15, 0.2) is 48.8 Å². The fourth-order valence-corrected chi connectivity index (χ4v) is 3.90. The zero-order valence-corrected chi connectivity index (χ0v) is 18.0. The number of hydrogen-bond donors (Lipinski definition) is 1. The van der Waals surface area contributed by atoms with E-state index in [1.165, 1.54) is 0 Å². The van der Waals surface area contributed by atoms with Crippen LogP contribution in [0, 0.1) is 0 Å². The molecule has 1 amide bonds. The Morgan fingerprint density at radius 2 is 1.84 bits per heavy atom. The molecule has 1 saturated heterocycles. The zero-order chi connectivity index (χ0) is 21.6. The van der Waals surface area contributed by atoms with E-state index in [-0.39, 0.29) is 6.09 Å². The molecule has 1 aliphatic heterocycles. The van der Waals surface area contributed by atoms with Crippen molar-refractivity contribution in [3.05, 3.63) is 48.8 Å². The number of anilines is 1. The average Bonchev–Trinajstić information content (AvgIpc) is 3.36. The van der Waals surface area contributed by atoms with Crippen molar-refractivity contribution in [3.63, 3.8) is 0 Å². The number of ether oxygens (including phenoxy) is 1. The first-order chi connectivity index (χ1) is 14.9. The maximum Gasteiger partial charge on any atom is 0.410 e. The lowest BCUT2D eigenvalue weighted by Gasteiger charge is -2.36. The Bertz CT molecular complexity index is 1210. The van der Waals surface area contributed by atoms with E-state index in [2.05, 4.69) is 32.1 Å². The third-order valence-electron chi connectivity index (χ3n) is 5.43. The molecule has 31 heavy (non-hydrogen) atoms. The fraction of sp³-hybridized carbons (Fsp3) is 0.348. The molecule has 0 radical (unpaired) electrons. The zero-order valence-electron chi connectivity index (χ0n) is 18.0. The van der Waals surface area contributed by atoms with Gasteiger partial charge in [-0.3, -0.25) is 0 Å². The molecule has 0 spiro atoms. The molecule has 3 aromatic heterocycles. The highest BCUT2D eigenvalue weighted by molar-refractivity contribution is 5.80. The number of fused-ring (bicyclic) bond motifs is 2. The lowest BCUT2D eigenvalue weighted by atomic mass is 10.2. The van der Waals surface area contributed by atoms with E-state index in [0.29, 0.717) is 13.1 Å². The van der Waals surface area contributed by atoms with E-state index in [1.807, 2.05) is 61.9 Å². The van der Waals surface area contributed by atoms with Crippen LogP contribution >= 0.6 is 0 Å². The van der Waals surface area contributed by atoms with E-state index < -0.39 is 5.60 Å². The summed E-state index contributed by atoms with van der Waals surface area (Å²) in [6.45, 7) is 8.41. The summed E-state index contributed by atoms with van der Waals surface area (Å²) in [4.78, 5) is 24.4. The summed E-state index contributed by atoms with van der Waals surface area (Å²) >= 11 is 0. The fourth-order valence-electron chi connectivity index (χ4n) is 3.90. The predicted molar refractivity (Wildman–Crippen MR) is 120 cm³/mol. The molecule has 5 rings (SSSR count). The van der Waals surface area contributed by atoms with Crippen molar-refractivity contribution in [2.24, 2.45) is 0 Å². The number of hydrogen-bond acceptors (Lipinski definition) is 5. The van der Waals surface area contributed by atoms with Crippen LogP contribution in [0.3, 0.4) is 0 Å². The molecule has 0 unspecified atom stereocenters. The summed E-state index contributed by atoms with van der Waals surface area (Å²) in [7, 11) is 0. The van der Waals surface area contributed by atoms with Crippen LogP contribution in [0.1, 0.15) is 20.8 Å². The molecule has 1 aliphatic rings. The van der Waals surface area contributed by atoms with E-state index in [4.69, 9.17) is 4.74 Å². The molecule has 8 heteroatoms. The number of carbonyl (C=O) groups is 1. The number of pyridine rings is 1. The molecular weight excluding hydrogens is 392 g/mol. The number of aromatic nitrogens is 4. The lowest BCUT2D eigenvalue weighted by molar-refractivity contribution is 0.0240. The smallest absolute Gasteiger partial charge is 0.410 e. The Labute approximate surface area is 180 Å². The molecule has 0 aliphatic carbocycles. The molecule has 160 valence electrons. The van der Waals surface area contributed by atoms with Crippen molar-refractivity contribution in [2.45, 2.75) is 26.4 Å². The second-order valence-electron chi connectivity index (χ2n) is 8.83. The molecule has 1 fully saturated rings. The van der Waals surface area contributed by atoms with E-state index >= 15 is 0 Å². The van der Waals surface area contributed by atoms with Crippen LogP contribution in [0.5, 0.6) is 0 Å². The summed E-state index contributed by atoms with van der Waals surface area (Å²) < 4.78 is 7.38. The number of aromatic amines is 1. The van der Waals surface area contributed by atoms with Gasteiger partial charge in [0.2, 0.25) is 0 Å². The van der Waals surface area contributed by atoms with Gasteiger partial charge in [0.25, 0.3) is 0 Å². The van der Waals surface area contributed by atoms with Crippen LogP contribution in [0.4, 0.5) is 10.5 Å². The molecule has 1 aromatic carbocycles. The van der Waals surface area contributed by atoms with Crippen molar-refractivity contribution in [1.29, 1.82) is 0 Å². The summed E-state index contributed by atoms with van der Waals surface area (Å²) in [5.74, 6) is 0.825. The van der Waals surface area contributed by atoms with Gasteiger partial charge in [0.15, 0.2) is 0 Å². The van der Waals surface area contributed by atoms with Crippen LogP contribution in [-0.2, 0) is 4.74 Å². The van der Waals surface area contributed by atoms with Crippen LogP contribution < -0.4 is 4.90 Å². The van der Waals surface area contributed by atoms with Crippen LogP contribution in [-0.4, -0.2) is 62.4 Å². The van der Waals surface area contributed by atoms with Gasteiger partial charge in [-0.2, -0.15) is 5.10 Å². The number of nitrogens with zero attached hydrogens (tertiary/aromatic N) is 5. The predicted octanol–water partition coefficient (Wildman–Crippen LogP) is 3.93.